The van der Waals surface area contributed by atoms with Gasteiger partial charge in [-0.2, -0.15) is 0 Å². The molecule has 208 valence electrons. The maximum Gasteiger partial charge on any atom is 0.323 e. The summed E-state index contributed by atoms with van der Waals surface area (Å²) in [6.07, 6.45) is 1.24. The highest BCUT2D eigenvalue weighted by atomic mass is 16.6. The molecule has 0 amide bonds. The van der Waals surface area contributed by atoms with Crippen LogP contribution in [-0.4, -0.2) is 50.2 Å². The summed E-state index contributed by atoms with van der Waals surface area (Å²) in [5.41, 5.74) is 0.655. The van der Waals surface area contributed by atoms with Crippen LogP contribution < -0.4 is 14.8 Å². The fraction of sp³-hybridized carbons (Fsp3) is 0.643. The lowest BCUT2D eigenvalue weighted by Crippen LogP contribution is -2.41. The van der Waals surface area contributed by atoms with Crippen LogP contribution >= 0.6 is 0 Å². The molecular formula is C28H43NO8. The molecule has 0 bridgehead atoms. The molecular weight excluding hydrogens is 478 g/mol. The van der Waals surface area contributed by atoms with Gasteiger partial charge in [0.2, 0.25) is 0 Å². The molecule has 0 aliphatic rings. The third kappa shape index (κ3) is 10.9. The molecule has 0 fully saturated rings. The summed E-state index contributed by atoms with van der Waals surface area (Å²) in [6, 6.07) is 4.11. The Morgan fingerprint density at radius 1 is 0.838 bits per heavy atom. The zero-order chi connectivity index (χ0) is 28.1. The van der Waals surface area contributed by atoms with Gasteiger partial charge in [-0.05, 0) is 42.4 Å². The normalized spacial score (nSPS) is 13.6. The molecule has 9 nitrogen and oxygen atoms in total. The number of carbonyl (C=O) groups is 4. The lowest BCUT2D eigenvalue weighted by Gasteiger charge is -2.20. The Morgan fingerprint density at radius 3 is 1.92 bits per heavy atom. The molecule has 1 aromatic rings. The predicted octanol–water partition coefficient (Wildman–Crippen LogP) is 4.10. The average molecular weight is 522 g/mol. The van der Waals surface area contributed by atoms with Crippen molar-refractivity contribution >= 4 is 23.9 Å². The molecule has 0 aliphatic carbocycles. The molecule has 1 aromatic carbocycles. The van der Waals surface area contributed by atoms with Gasteiger partial charge < -0.3 is 24.3 Å². The zero-order valence-corrected chi connectivity index (χ0v) is 23.4. The number of rotatable bonds is 15. The molecule has 0 aromatic heterocycles. The second kappa shape index (κ2) is 16.0. The van der Waals surface area contributed by atoms with Crippen LogP contribution in [0.15, 0.2) is 18.2 Å². The molecule has 0 saturated heterocycles. The fourth-order valence-electron chi connectivity index (χ4n) is 3.08. The smallest absolute Gasteiger partial charge is 0.323 e. The summed E-state index contributed by atoms with van der Waals surface area (Å²) in [7, 11) is 1.29. The molecule has 0 heterocycles. The summed E-state index contributed by atoms with van der Waals surface area (Å²) in [5, 5.41) is 3.04. The minimum absolute atomic E-state index is 0.0574. The van der Waals surface area contributed by atoms with Gasteiger partial charge in [-0.1, -0.05) is 54.5 Å². The summed E-state index contributed by atoms with van der Waals surface area (Å²) in [5.74, 6) is -2.01. The van der Waals surface area contributed by atoms with Gasteiger partial charge >= 0.3 is 23.9 Å². The second-order valence-electron chi connectivity index (χ2n) is 9.89. The van der Waals surface area contributed by atoms with Crippen LogP contribution in [0.1, 0.15) is 66.9 Å². The molecule has 0 saturated carbocycles. The Labute approximate surface area is 220 Å². The van der Waals surface area contributed by atoms with Crippen molar-refractivity contribution in [1.82, 2.24) is 5.32 Å². The Hall–Kier alpha value is -2.94. The minimum atomic E-state index is -0.734. The van der Waals surface area contributed by atoms with E-state index in [-0.39, 0.29) is 60.7 Å². The molecule has 3 atom stereocenters. The van der Waals surface area contributed by atoms with Crippen molar-refractivity contribution in [2.75, 3.05) is 20.3 Å². The van der Waals surface area contributed by atoms with E-state index >= 15 is 0 Å². The van der Waals surface area contributed by atoms with Crippen molar-refractivity contribution in [3.05, 3.63) is 23.8 Å². The van der Waals surface area contributed by atoms with Gasteiger partial charge in [0.1, 0.15) is 12.6 Å². The van der Waals surface area contributed by atoms with Gasteiger partial charge in [0.05, 0.1) is 18.9 Å². The van der Waals surface area contributed by atoms with Gasteiger partial charge in [0.15, 0.2) is 11.5 Å². The van der Waals surface area contributed by atoms with Crippen LogP contribution in [0, 0.1) is 23.7 Å². The number of hydrogen-bond donors (Lipinski definition) is 1. The van der Waals surface area contributed by atoms with Crippen LogP contribution in [0.3, 0.4) is 0 Å². The summed E-state index contributed by atoms with van der Waals surface area (Å²) in [6.45, 7) is 13.5. The highest BCUT2D eigenvalue weighted by Crippen LogP contribution is 2.31. The maximum absolute atomic E-state index is 12.7. The van der Waals surface area contributed by atoms with Crippen molar-refractivity contribution in [2.45, 2.75) is 73.8 Å². The molecule has 37 heavy (non-hydrogen) atoms. The first-order valence-electron chi connectivity index (χ1n) is 12.9. The number of nitrogens with one attached hydrogen (secondary N) is 1. The summed E-state index contributed by atoms with van der Waals surface area (Å²) < 4.78 is 21.3. The van der Waals surface area contributed by atoms with E-state index in [0.29, 0.717) is 18.4 Å². The van der Waals surface area contributed by atoms with Crippen LogP contribution in [0.2, 0.25) is 0 Å². The Bertz CT molecular complexity index is 911. The van der Waals surface area contributed by atoms with Crippen molar-refractivity contribution < 1.29 is 38.1 Å². The zero-order valence-electron chi connectivity index (χ0n) is 23.4. The molecule has 9 heteroatoms. The topological polar surface area (TPSA) is 117 Å². The van der Waals surface area contributed by atoms with Crippen LogP contribution in [0.5, 0.6) is 11.5 Å². The molecule has 0 radical (unpaired) electrons. The number of ether oxygens (including phenoxy) is 4. The van der Waals surface area contributed by atoms with E-state index in [9.17, 15) is 19.2 Å². The highest BCUT2D eigenvalue weighted by Gasteiger charge is 2.25. The maximum atomic E-state index is 12.7. The van der Waals surface area contributed by atoms with Gasteiger partial charge in [0.25, 0.3) is 0 Å². The predicted molar refractivity (Wildman–Crippen MR) is 139 cm³/mol. The van der Waals surface area contributed by atoms with Gasteiger partial charge in [-0.15, -0.1) is 0 Å². The van der Waals surface area contributed by atoms with Crippen LogP contribution in [-0.2, 0) is 35.1 Å². The van der Waals surface area contributed by atoms with Crippen molar-refractivity contribution in [3.63, 3.8) is 0 Å². The summed E-state index contributed by atoms with van der Waals surface area (Å²) in [4.78, 5) is 49.2. The molecule has 0 spiro atoms. The fourth-order valence-corrected chi connectivity index (χ4v) is 3.08. The number of methoxy groups -OCH3 is 1. The third-order valence-electron chi connectivity index (χ3n) is 6.31. The van der Waals surface area contributed by atoms with E-state index < -0.39 is 23.9 Å². The number of hydrogen-bond acceptors (Lipinski definition) is 9. The van der Waals surface area contributed by atoms with Crippen LogP contribution in [0.25, 0.3) is 0 Å². The summed E-state index contributed by atoms with van der Waals surface area (Å²) >= 11 is 0. The Kier molecular flexibility index (Phi) is 13.9. The SMILES string of the molecule is CCCC(=O)OCCN[C@@H](Cc1ccc(OC(=O)C(C)C(C)C)c(OC(=O)C(C)C(C)C)c1)C(=O)OC. The third-order valence-corrected chi connectivity index (χ3v) is 6.31. The standard InChI is InChI=1S/C28H43NO8/c1-9-10-25(30)35-14-13-29-22(28(33)34-8)15-21-11-12-23(36-26(31)19(6)17(2)3)24(16-21)37-27(32)20(7)18(4)5/h11-12,16-20,22,29H,9-10,13-15H2,1-8H3/t19?,20?,22-/m0/s1. The quantitative estimate of drug-likeness (QED) is 0.207. The highest BCUT2D eigenvalue weighted by molar-refractivity contribution is 5.79. The monoisotopic (exact) mass is 521 g/mol. The minimum Gasteiger partial charge on any atom is -0.468 e. The van der Waals surface area contributed by atoms with Crippen LogP contribution in [0.4, 0.5) is 0 Å². The number of esters is 4. The van der Waals surface area contributed by atoms with Crippen molar-refractivity contribution in [3.8, 4) is 11.5 Å². The Morgan fingerprint density at radius 2 is 1.41 bits per heavy atom. The molecule has 2 unspecified atom stereocenters. The van der Waals surface area contributed by atoms with Crippen molar-refractivity contribution in [1.29, 1.82) is 0 Å². The van der Waals surface area contributed by atoms with Gasteiger partial charge in [-0.25, -0.2) is 0 Å². The lowest BCUT2D eigenvalue weighted by atomic mass is 9.98. The number of benzene rings is 1. The first-order chi connectivity index (χ1) is 17.4. The second-order valence-corrected chi connectivity index (χ2v) is 9.89. The van der Waals surface area contributed by atoms with E-state index in [0.717, 1.165) is 0 Å². The lowest BCUT2D eigenvalue weighted by molar-refractivity contribution is -0.144. The molecule has 0 aliphatic heterocycles. The molecule has 1 rings (SSSR count). The number of carbonyl (C=O) groups excluding carboxylic acids is 4. The van der Waals surface area contributed by atoms with E-state index in [1.165, 1.54) is 7.11 Å². The van der Waals surface area contributed by atoms with Crippen molar-refractivity contribution in [2.24, 2.45) is 23.7 Å². The Balaban J connectivity index is 3.12. The average Bonchev–Trinajstić information content (AvgIpc) is 2.85. The molecule has 1 N–H and O–H groups in total. The first kappa shape index (κ1) is 32.1. The van der Waals surface area contributed by atoms with E-state index in [1.807, 2.05) is 34.6 Å². The van der Waals surface area contributed by atoms with E-state index in [4.69, 9.17) is 18.9 Å². The van der Waals surface area contributed by atoms with Gasteiger partial charge in [0, 0.05) is 13.0 Å². The van der Waals surface area contributed by atoms with E-state index in [2.05, 4.69) is 5.32 Å². The largest absolute Gasteiger partial charge is 0.468 e. The first-order valence-corrected chi connectivity index (χ1v) is 12.9. The van der Waals surface area contributed by atoms with Gasteiger partial charge in [-0.3, -0.25) is 19.2 Å². The van der Waals surface area contributed by atoms with E-state index in [1.54, 1.807) is 32.0 Å².